The van der Waals surface area contributed by atoms with Crippen LogP contribution >= 0.6 is 11.6 Å². The van der Waals surface area contributed by atoms with Crippen LogP contribution in [0.2, 0.25) is 5.02 Å². The van der Waals surface area contributed by atoms with E-state index < -0.39 is 0 Å². The molecule has 1 aliphatic rings. The fourth-order valence-corrected chi connectivity index (χ4v) is 4.58. The van der Waals surface area contributed by atoms with Crippen molar-refractivity contribution in [2.75, 3.05) is 18.9 Å². The number of halogens is 1. The van der Waals surface area contributed by atoms with Gasteiger partial charge in [-0.1, -0.05) is 29.8 Å². The van der Waals surface area contributed by atoms with E-state index in [0.29, 0.717) is 33.5 Å². The molecule has 3 aromatic heterocycles. The van der Waals surface area contributed by atoms with Crippen LogP contribution in [0.5, 0.6) is 0 Å². The highest BCUT2D eigenvalue weighted by atomic mass is 35.5. The van der Waals surface area contributed by atoms with Crippen molar-refractivity contribution in [3.8, 4) is 5.69 Å². The summed E-state index contributed by atoms with van der Waals surface area (Å²) in [7, 11) is 2.13. The first-order valence-electron chi connectivity index (χ1n) is 10.7. The van der Waals surface area contributed by atoms with Crippen molar-refractivity contribution in [2.45, 2.75) is 13.0 Å². The molecular weight excluding hydrogens is 438 g/mol. The Balaban J connectivity index is 1.46. The zero-order chi connectivity index (χ0) is 22.5. The summed E-state index contributed by atoms with van der Waals surface area (Å²) in [4.78, 5) is 29.2. The van der Waals surface area contributed by atoms with Gasteiger partial charge in [-0.05, 0) is 48.9 Å². The number of hydrogen-bond donors (Lipinski definition) is 1. The number of rotatable bonds is 3. The molecule has 1 N–H and O–H groups in total. The van der Waals surface area contributed by atoms with Crippen LogP contribution in [0.1, 0.15) is 11.1 Å². The van der Waals surface area contributed by atoms with Crippen LogP contribution in [-0.4, -0.2) is 42.4 Å². The Hall–Kier alpha value is -3.75. The highest BCUT2D eigenvalue weighted by Gasteiger charge is 2.18. The molecule has 0 radical (unpaired) electrons. The summed E-state index contributed by atoms with van der Waals surface area (Å²) < 4.78 is 3.26. The lowest BCUT2D eigenvalue weighted by atomic mass is 9.99. The van der Waals surface area contributed by atoms with E-state index in [4.69, 9.17) is 11.6 Å². The van der Waals surface area contributed by atoms with Gasteiger partial charge >= 0.3 is 0 Å². The Kier molecular flexibility index (Phi) is 4.63. The average molecular weight is 458 g/mol. The zero-order valence-electron chi connectivity index (χ0n) is 17.9. The van der Waals surface area contributed by atoms with Gasteiger partial charge in [0.2, 0.25) is 11.7 Å². The van der Waals surface area contributed by atoms with Gasteiger partial charge in [0, 0.05) is 37.4 Å². The maximum absolute atomic E-state index is 13.4. The fraction of sp³-hybridized carbons (Fsp3) is 0.167. The normalized spacial score (nSPS) is 14.0. The quantitative estimate of drug-likeness (QED) is 0.443. The number of nitrogens with zero attached hydrogens (tertiary/aromatic N) is 6. The predicted molar refractivity (Wildman–Crippen MR) is 129 cm³/mol. The van der Waals surface area contributed by atoms with E-state index in [-0.39, 0.29) is 5.56 Å². The van der Waals surface area contributed by atoms with Gasteiger partial charge < -0.3 is 10.2 Å². The minimum Gasteiger partial charge on any atom is -0.324 e. The second-order valence-electron chi connectivity index (χ2n) is 8.22. The first-order chi connectivity index (χ1) is 16.1. The van der Waals surface area contributed by atoms with E-state index in [1.807, 2.05) is 18.2 Å². The molecule has 164 valence electrons. The number of hydrogen-bond acceptors (Lipinski definition) is 6. The van der Waals surface area contributed by atoms with E-state index in [0.717, 1.165) is 25.2 Å². The molecule has 0 spiro atoms. The summed E-state index contributed by atoms with van der Waals surface area (Å²) >= 11 is 6.38. The number of imidazole rings is 1. The number of fused-ring (bicyclic) bond motifs is 4. The fourth-order valence-electron chi connectivity index (χ4n) is 4.36. The standard InChI is InChI=1S/C24H20ClN7O/c1-30-10-8-15-6-7-17(12-16(15)14-30)28-23-27-13-18-21(29-23)31-11-9-26-24(31)32(22(18)33)20-5-3-2-4-19(20)25/h2-7,9,11-13H,8,10,14H2,1H3,(H,27,28,29). The average Bonchev–Trinajstić information content (AvgIpc) is 3.30. The predicted octanol–water partition coefficient (Wildman–Crippen LogP) is 3.81. The third-order valence-electron chi connectivity index (χ3n) is 6.01. The van der Waals surface area contributed by atoms with Gasteiger partial charge in [-0.15, -0.1) is 0 Å². The van der Waals surface area contributed by atoms with Crippen LogP contribution in [-0.2, 0) is 13.0 Å². The van der Waals surface area contributed by atoms with Gasteiger partial charge in [-0.25, -0.2) is 14.5 Å². The third kappa shape index (κ3) is 3.35. The number of nitrogens with one attached hydrogen (secondary N) is 1. The summed E-state index contributed by atoms with van der Waals surface area (Å²) in [5, 5.41) is 4.12. The minimum absolute atomic E-state index is 0.278. The maximum atomic E-state index is 13.4. The number of para-hydroxylation sites is 1. The van der Waals surface area contributed by atoms with Crippen molar-refractivity contribution in [3.05, 3.63) is 87.6 Å². The molecule has 8 nitrogen and oxygen atoms in total. The lowest BCUT2D eigenvalue weighted by Gasteiger charge is -2.25. The molecule has 0 bridgehead atoms. The molecule has 0 fully saturated rings. The van der Waals surface area contributed by atoms with Gasteiger partial charge in [-0.3, -0.25) is 9.20 Å². The second-order valence-corrected chi connectivity index (χ2v) is 8.62. The Labute approximate surface area is 194 Å². The van der Waals surface area contributed by atoms with Gasteiger partial charge in [0.1, 0.15) is 5.39 Å². The Morgan fingerprint density at radius 2 is 1.97 bits per heavy atom. The highest BCUT2D eigenvalue weighted by molar-refractivity contribution is 6.32. The van der Waals surface area contributed by atoms with Crippen molar-refractivity contribution >= 4 is 40.0 Å². The second kappa shape index (κ2) is 7.68. The van der Waals surface area contributed by atoms with Gasteiger partial charge in [-0.2, -0.15) is 4.98 Å². The molecule has 0 aliphatic carbocycles. The van der Waals surface area contributed by atoms with E-state index >= 15 is 0 Å². The number of benzene rings is 2. The molecule has 9 heteroatoms. The van der Waals surface area contributed by atoms with Crippen LogP contribution in [0.25, 0.3) is 22.5 Å². The van der Waals surface area contributed by atoms with Crippen molar-refractivity contribution < 1.29 is 0 Å². The zero-order valence-corrected chi connectivity index (χ0v) is 18.6. The largest absolute Gasteiger partial charge is 0.324 e. The molecule has 1 aliphatic heterocycles. The van der Waals surface area contributed by atoms with Crippen molar-refractivity contribution in [1.29, 1.82) is 0 Å². The lowest BCUT2D eigenvalue weighted by molar-refractivity contribution is 0.313. The van der Waals surface area contributed by atoms with Crippen molar-refractivity contribution in [2.24, 2.45) is 0 Å². The molecule has 4 heterocycles. The molecule has 2 aromatic carbocycles. The minimum atomic E-state index is -0.278. The molecule has 0 unspecified atom stereocenters. The number of likely N-dealkylation sites (N-methyl/N-ethyl adjacent to an activating group) is 1. The Morgan fingerprint density at radius 3 is 2.85 bits per heavy atom. The van der Waals surface area contributed by atoms with Crippen LogP contribution < -0.4 is 10.9 Å². The summed E-state index contributed by atoms with van der Waals surface area (Å²) in [6, 6.07) is 13.5. The van der Waals surface area contributed by atoms with Gasteiger partial charge in [0.05, 0.1) is 10.7 Å². The molecule has 0 saturated carbocycles. The Bertz CT molecular complexity index is 1590. The summed E-state index contributed by atoms with van der Waals surface area (Å²) in [6.45, 7) is 1.99. The highest BCUT2D eigenvalue weighted by Crippen LogP contribution is 2.25. The van der Waals surface area contributed by atoms with Crippen LogP contribution in [0.3, 0.4) is 0 Å². The molecule has 0 saturated heterocycles. The van der Waals surface area contributed by atoms with Crippen LogP contribution in [0.15, 0.2) is 65.8 Å². The molecular formula is C24H20ClN7O. The van der Waals surface area contributed by atoms with Gasteiger partial charge in [0.25, 0.3) is 5.56 Å². The summed E-state index contributed by atoms with van der Waals surface area (Å²) in [5.41, 5.74) is 4.34. The molecule has 0 atom stereocenters. The monoisotopic (exact) mass is 457 g/mol. The SMILES string of the molecule is CN1CCc2ccc(Nc3ncc4c(=O)n(-c5ccccc5Cl)c5nccn5c4n3)cc2C1. The lowest BCUT2D eigenvalue weighted by Crippen LogP contribution is -2.26. The van der Waals surface area contributed by atoms with Crippen molar-refractivity contribution in [3.63, 3.8) is 0 Å². The molecule has 33 heavy (non-hydrogen) atoms. The number of aromatic nitrogens is 5. The number of anilines is 2. The smallest absolute Gasteiger partial charge is 0.270 e. The van der Waals surface area contributed by atoms with Crippen molar-refractivity contribution in [1.82, 2.24) is 28.8 Å². The van der Waals surface area contributed by atoms with E-state index in [1.165, 1.54) is 15.7 Å². The van der Waals surface area contributed by atoms with E-state index in [2.05, 4.69) is 44.3 Å². The molecule has 6 rings (SSSR count). The van der Waals surface area contributed by atoms with Crippen LogP contribution in [0, 0.1) is 0 Å². The topological polar surface area (TPSA) is 80.4 Å². The molecule has 5 aromatic rings. The van der Waals surface area contributed by atoms with Gasteiger partial charge in [0.15, 0.2) is 5.65 Å². The summed E-state index contributed by atoms with van der Waals surface area (Å²) in [6.07, 6.45) is 6.01. The molecule has 0 amide bonds. The Morgan fingerprint density at radius 1 is 1.09 bits per heavy atom. The first-order valence-corrected chi connectivity index (χ1v) is 11.0. The summed E-state index contributed by atoms with van der Waals surface area (Å²) in [5.74, 6) is 0.846. The third-order valence-corrected chi connectivity index (χ3v) is 6.33. The first kappa shape index (κ1) is 19.9. The van der Waals surface area contributed by atoms with E-state index in [1.54, 1.807) is 35.1 Å². The maximum Gasteiger partial charge on any atom is 0.270 e. The van der Waals surface area contributed by atoms with Crippen LogP contribution in [0.4, 0.5) is 11.6 Å². The van der Waals surface area contributed by atoms with E-state index in [9.17, 15) is 4.79 Å².